The van der Waals surface area contributed by atoms with E-state index in [1.54, 1.807) is 16.2 Å². The number of benzene rings is 1. The minimum Gasteiger partial charge on any atom is -0.378 e. The Bertz CT molecular complexity index is 895. The molecule has 136 valence electrons. The summed E-state index contributed by atoms with van der Waals surface area (Å²) < 4.78 is 27.4. The van der Waals surface area contributed by atoms with Gasteiger partial charge in [-0.2, -0.15) is 0 Å². The number of carbonyl (C=O) groups is 1. The first-order valence-corrected chi connectivity index (χ1v) is 9.40. The first-order chi connectivity index (χ1) is 12.5. The third-order valence-electron chi connectivity index (χ3n) is 4.99. The lowest BCUT2D eigenvalue weighted by molar-refractivity contribution is -0.162. The predicted octanol–water partition coefficient (Wildman–Crippen LogP) is 4.02. The number of halogens is 2. The van der Waals surface area contributed by atoms with Crippen molar-refractivity contribution < 1.29 is 18.4 Å². The zero-order valence-corrected chi connectivity index (χ0v) is 15.1. The Morgan fingerprint density at radius 2 is 2.19 bits per heavy atom. The molecular formula is C19H18F2N2O2S. The van der Waals surface area contributed by atoms with Crippen molar-refractivity contribution in [1.82, 2.24) is 4.90 Å². The van der Waals surface area contributed by atoms with E-state index in [0.29, 0.717) is 19.4 Å². The summed E-state index contributed by atoms with van der Waals surface area (Å²) >= 11 is 1.58. The molecule has 0 bridgehead atoms. The minimum atomic E-state index is -1.02. The Morgan fingerprint density at radius 3 is 2.96 bits per heavy atom. The molecule has 4 nitrogen and oxygen atoms in total. The molecule has 1 spiro atoms. The van der Waals surface area contributed by atoms with Gasteiger partial charge in [0.2, 0.25) is 5.60 Å². The predicted molar refractivity (Wildman–Crippen MR) is 95.0 cm³/mol. The van der Waals surface area contributed by atoms with Gasteiger partial charge in [-0.3, -0.25) is 4.79 Å². The standard InChI is InChI=1S/C19H18F2N2O2S/c1-12-6-9-26-17(12)15-10-19(25-22-15)7-3-8-23(18(19)24)11-13-4-2-5-14(20)16(13)21/h2,4-6,9H,3,7-8,10-11H2,1H3. The highest BCUT2D eigenvalue weighted by atomic mass is 32.1. The van der Waals surface area contributed by atoms with Crippen LogP contribution in [-0.2, 0) is 16.2 Å². The van der Waals surface area contributed by atoms with Gasteiger partial charge < -0.3 is 9.74 Å². The third kappa shape index (κ3) is 2.80. The molecule has 3 heterocycles. The number of thiophene rings is 1. The Morgan fingerprint density at radius 1 is 1.35 bits per heavy atom. The number of aryl methyl sites for hydroxylation is 1. The van der Waals surface area contributed by atoms with Crippen LogP contribution in [0.5, 0.6) is 0 Å². The van der Waals surface area contributed by atoms with Crippen LogP contribution in [0.3, 0.4) is 0 Å². The second kappa shape index (κ2) is 6.46. The van der Waals surface area contributed by atoms with E-state index in [-0.39, 0.29) is 18.0 Å². The first-order valence-electron chi connectivity index (χ1n) is 8.52. The van der Waals surface area contributed by atoms with Crippen molar-refractivity contribution in [2.75, 3.05) is 6.54 Å². The van der Waals surface area contributed by atoms with Crippen molar-refractivity contribution >= 4 is 23.0 Å². The molecule has 7 heteroatoms. The second-order valence-corrected chi connectivity index (χ2v) is 7.69. The molecule has 1 atom stereocenters. The number of likely N-dealkylation sites (tertiary alicyclic amines) is 1. The van der Waals surface area contributed by atoms with Crippen LogP contribution in [0.15, 0.2) is 34.8 Å². The van der Waals surface area contributed by atoms with Crippen molar-refractivity contribution in [2.45, 2.75) is 38.3 Å². The van der Waals surface area contributed by atoms with Gasteiger partial charge >= 0.3 is 0 Å². The van der Waals surface area contributed by atoms with Gasteiger partial charge in [-0.05, 0) is 36.4 Å². The van der Waals surface area contributed by atoms with Crippen LogP contribution < -0.4 is 0 Å². The van der Waals surface area contributed by atoms with E-state index in [1.165, 1.54) is 12.1 Å². The molecule has 1 saturated heterocycles. The van der Waals surface area contributed by atoms with E-state index in [9.17, 15) is 13.6 Å². The van der Waals surface area contributed by atoms with Gasteiger partial charge in [-0.25, -0.2) is 8.78 Å². The maximum Gasteiger partial charge on any atom is 0.270 e. The summed E-state index contributed by atoms with van der Waals surface area (Å²) in [6, 6.07) is 6.03. The fourth-order valence-corrected chi connectivity index (χ4v) is 4.50. The van der Waals surface area contributed by atoms with Crippen molar-refractivity contribution in [3.63, 3.8) is 0 Å². The van der Waals surface area contributed by atoms with Gasteiger partial charge in [0.15, 0.2) is 11.6 Å². The molecule has 26 heavy (non-hydrogen) atoms. The topological polar surface area (TPSA) is 41.9 Å². The van der Waals surface area contributed by atoms with Crippen molar-refractivity contribution in [3.8, 4) is 0 Å². The molecule has 0 aliphatic carbocycles. The number of oxime groups is 1. The van der Waals surface area contributed by atoms with Gasteiger partial charge in [-0.15, -0.1) is 11.3 Å². The van der Waals surface area contributed by atoms with Crippen molar-refractivity contribution in [3.05, 3.63) is 57.3 Å². The van der Waals surface area contributed by atoms with Crippen LogP contribution in [0.4, 0.5) is 8.78 Å². The smallest absolute Gasteiger partial charge is 0.270 e. The maximum atomic E-state index is 14.0. The van der Waals surface area contributed by atoms with Gasteiger partial charge in [0.05, 0.1) is 4.88 Å². The van der Waals surface area contributed by atoms with Crippen molar-refractivity contribution in [1.29, 1.82) is 0 Å². The van der Waals surface area contributed by atoms with Crippen LogP contribution >= 0.6 is 11.3 Å². The highest BCUT2D eigenvalue weighted by Gasteiger charge is 2.51. The SMILES string of the molecule is Cc1ccsc1C1=NOC2(CCCN(Cc3cccc(F)c3F)C2=O)C1. The van der Waals surface area contributed by atoms with Crippen LogP contribution in [0.2, 0.25) is 0 Å². The minimum absolute atomic E-state index is 0.0287. The van der Waals surface area contributed by atoms with E-state index >= 15 is 0 Å². The molecule has 1 aromatic carbocycles. The number of hydrogen-bond donors (Lipinski definition) is 0. The Labute approximate surface area is 154 Å². The number of rotatable bonds is 3. The average Bonchev–Trinajstić information content (AvgIpc) is 3.23. The molecule has 2 aliphatic heterocycles. The molecule has 0 radical (unpaired) electrons. The van der Waals surface area contributed by atoms with E-state index in [2.05, 4.69) is 5.16 Å². The maximum absolute atomic E-state index is 14.0. The van der Waals surface area contributed by atoms with E-state index in [0.717, 1.165) is 28.6 Å². The van der Waals surface area contributed by atoms with E-state index in [1.807, 2.05) is 18.4 Å². The van der Waals surface area contributed by atoms with Crippen molar-refractivity contribution in [2.24, 2.45) is 5.16 Å². The number of hydrogen-bond acceptors (Lipinski definition) is 4. The first kappa shape index (κ1) is 17.1. The number of piperidine rings is 1. The van der Waals surface area contributed by atoms with Gasteiger partial charge in [-0.1, -0.05) is 17.3 Å². The summed E-state index contributed by atoms with van der Waals surface area (Å²) in [7, 11) is 0. The van der Waals surface area contributed by atoms with E-state index in [4.69, 9.17) is 4.84 Å². The molecule has 1 aromatic heterocycles. The van der Waals surface area contributed by atoms with Gasteiger partial charge in [0.1, 0.15) is 5.71 Å². The molecule has 1 fully saturated rings. The Balaban J connectivity index is 1.54. The molecule has 4 rings (SSSR count). The third-order valence-corrected chi connectivity index (χ3v) is 6.05. The summed E-state index contributed by atoms with van der Waals surface area (Å²) in [5, 5.41) is 6.17. The number of carbonyl (C=O) groups excluding carboxylic acids is 1. The zero-order valence-electron chi connectivity index (χ0n) is 14.3. The van der Waals surface area contributed by atoms with Crippen LogP contribution in [0, 0.1) is 18.6 Å². The second-order valence-electron chi connectivity index (χ2n) is 6.78. The highest BCUT2D eigenvalue weighted by molar-refractivity contribution is 7.12. The summed E-state index contributed by atoms with van der Waals surface area (Å²) in [4.78, 5) is 21.3. The lowest BCUT2D eigenvalue weighted by Gasteiger charge is -2.37. The molecule has 0 saturated carbocycles. The fraction of sp³-hybridized carbons (Fsp3) is 0.368. The van der Waals surface area contributed by atoms with Crippen LogP contribution in [0.1, 0.15) is 35.3 Å². The van der Waals surface area contributed by atoms with Crippen LogP contribution in [-0.4, -0.2) is 28.7 Å². The molecule has 1 amide bonds. The molecule has 2 aromatic rings. The average molecular weight is 376 g/mol. The van der Waals surface area contributed by atoms with Crippen LogP contribution in [0.25, 0.3) is 0 Å². The quantitative estimate of drug-likeness (QED) is 0.812. The molecule has 2 aliphatic rings. The zero-order chi connectivity index (χ0) is 18.3. The Hall–Kier alpha value is -2.28. The molecular weight excluding hydrogens is 358 g/mol. The van der Waals surface area contributed by atoms with Gasteiger partial charge in [0.25, 0.3) is 5.91 Å². The number of amides is 1. The summed E-state index contributed by atoms with van der Waals surface area (Å²) in [5.41, 5.74) is 1.04. The highest BCUT2D eigenvalue weighted by Crippen LogP contribution is 2.38. The molecule has 1 unspecified atom stereocenters. The molecule has 0 N–H and O–H groups in total. The normalized spacial score (nSPS) is 22.7. The lowest BCUT2D eigenvalue weighted by atomic mass is 9.86. The summed E-state index contributed by atoms with van der Waals surface area (Å²) in [6.07, 6.45) is 1.72. The summed E-state index contributed by atoms with van der Waals surface area (Å²) in [6.45, 7) is 2.52. The lowest BCUT2D eigenvalue weighted by Crippen LogP contribution is -2.53. The summed E-state index contributed by atoms with van der Waals surface area (Å²) in [5.74, 6) is -2.02. The Kier molecular flexibility index (Phi) is 4.26. The number of nitrogens with zero attached hydrogens (tertiary/aromatic N) is 2. The fourth-order valence-electron chi connectivity index (χ4n) is 3.60. The van der Waals surface area contributed by atoms with E-state index < -0.39 is 17.2 Å². The van der Waals surface area contributed by atoms with Gasteiger partial charge in [0, 0.05) is 31.5 Å². The monoisotopic (exact) mass is 376 g/mol. The largest absolute Gasteiger partial charge is 0.378 e.